The smallest absolute Gasteiger partial charge is 0.327 e. The van der Waals surface area contributed by atoms with Crippen LogP contribution in [0.5, 0.6) is 11.5 Å². The Bertz CT molecular complexity index is 683. The molecule has 0 amide bonds. The van der Waals surface area contributed by atoms with Gasteiger partial charge in [0.15, 0.2) is 0 Å². The zero-order chi connectivity index (χ0) is 17.5. The van der Waals surface area contributed by atoms with Gasteiger partial charge in [-0.1, -0.05) is 57.0 Å². The molecule has 0 spiro atoms. The van der Waals surface area contributed by atoms with E-state index in [1.165, 1.54) is 0 Å². The number of ether oxygens (including phenoxy) is 2. The van der Waals surface area contributed by atoms with Gasteiger partial charge in [0, 0.05) is 20.9 Å². The molecular weight excluding hydrogens is 440 g/mol. The minimum Gasteiger partial charge on any atom is -0.478 e. The van der Waals surface area contributed by atoms with Gasteiger partial charge < -0.3 is 14.6 Å². The van der Waals surface area contributed by atoms with Crippen molar-refractivity contribution in [2.45, 2.75) is 13.2 Å². The highest BCUT2D eigenvalue weighted by Gasteiger charge is 2.20. The van der Waals surface area contributed by atoms with Crippen LogP contribution in [0.4, 0.5) is 0 Å². The molecule has 0 fully saturated rings. The van der Waals surface area contributed by atoms with Crippen molar-refractivity contribution in [1.82, 2.24) is 0 Å². The van der Waals surface area contributed by atoms with Crippen LogP contribution in [0.25, 0.3) is 0 Å². The van der Waals surface area contributed by atoms with Gasteiger partial charge in [-0.05, 0) is 36.4 Å². The van der Waals surface area contributed by atoms with E-state index in [1.807, 2.05) is 55.5 Å². The molecule has 0 aliphatic heterocycles. The molecular formula is C18H16Br2O4. The summed E-state index contributed by atoms with van der Waals surface area (Å²) in [6.45, 7) is 1.83. The molecule has 6 heteroatoms. The van der Waals surface area contributed by atoms with Crippen LogP contribution in [0.2, 0.25) is 0 Å². The van der Waals surface area contributed by atoms with E-state index in [0.717, 1.165) is 15.0 Å². The van der Waals surface area contributed by atoms with Crippen LogP contribution in [-0.2, 0) is 4.79 Å². The summed E-state index contributed by atoms with van der Waals surface area (Å²) < 4.78 is 13.6. The average molecular weight is 456 g/mol. The van der Waals surface area contributed by atoms with Gasteiger partial charge in [-0.3, -0.25) is 0 Å². The van der Waals surface area contributed by atoms with Gasteiger partial charge in [0.25, 0.3) is 0 Å². The fourth-order valence-electron chi connectivity index (χ4n) is 1.91. The largest absolute Gasteiger partial charge is 0.478 e. The Kier molecular flexibility index (Phi) is 6.87. The van der Waals surface area contributed by atoms with E-state index in [-0.39, 0.29) is 5.92 Å². The minimum absolute atomic E-state index is 0.279. The topological polar surface area (TPSA) is 55.8 Å². The molecule has 126 valence electrons. The van der Waals surface area contributed by atoms with Crippen LogP contribution < -0.4 is 9.47 Å². The summed E-state index contributed by atoms with van der Waals surface area (Å²) in [5.41, 5.74) is 0. The van der Waals surface area contributed by atoms with Crippen LogP contribution in [0.1, 0.15) is 6.92 Å². The zero-order valence-corrected chi connectivity index (χ0v) is 16.0. The predicted octanol–water partition coefficient (Wildman–Crippen LogP) is 5.27. The first-order valence-electron chi connectivity index (χ1n) is 7.19. The summed E-state index contributed by atoms with van der Waals surface area (Å²) in [5, 5.41) is 8.82. The van der Waals surface area contributed by atoms with E-state index in [2.05, 4.69) is 31.9 Å². The fourth-order valence-corrected chi connectivity index (χ4v) is 2.67. The van der Waals surface area contributed by atoms with E-state index in [4.69, 9.17) is 14.6 Å². The molecule has 2 aromatic carbocycles. The Morgan fingerprint density at radius 3 is 1.96 bits per heavy atom. The molecule has 0 saturated carbocycles. The molecule has 0 aliphatic rings. The minimum atomic E-state index is -1.01. The highest BCUT2D eigenvalue weighted by molar-refractivity contribution is 9.10. The third-order valence-corrected chi connectivity index (χ3v) is 4.05. The SMILES string of the molecule is CC(C=CC(=O)O)C(Oc1cccc(Br)c1)Oc1cccc(Br)c1. The lowest BCUT2D eigenvalue weighted by Crippen LogP contribution is -2.30. The second-order valence-electron chi connectivity index (χ2n) is 5.08. The maximum atomic E-state index is 10.8. The molecule has 0 saturated heterocycles. The molecule has 1 N–H and O–H groups in total. The first kappa shape index (κ1) is 18.5. The zero-order valence-electron chi connectivity index (χ0n) is 12.9. The number of benzene rings is 2. The van der Waals surface area contributed by atoms with Crippen molar-refractivity contribution in [3.63, 3.8) is 0 Å². The van der Waals surface area contributed by atoms with Gasteiger partial charge in [0.05, 0.1) is 0 Å². The van der Waals surface area contributed by atoms with E-state index in [1.54, 1.807) is 6.08 Å². The number of rotatable bonds is 7. The molecule has 4 nitrogen and oxygen atoms in total. The lowest BCUT2D eigenvalue weighted by Gasteiger charge is -2.24. The third kappa shape index (κ3) is 6.02. The summed E-state index contributed by atoms with van der Waals surface area (Å²) in [6.07, 6.45) is 1.96. The van der Waals surface area contributed by atoms with Crippen molar-refractivity contribution in [3.8, 4) is 11.5 Å². The summed E-state index contributed by atoms with van der Waals surface area (Å²) in [4.78, 5) is 10.8. The molecule has 2 rings (SSSR count). The number of carboxylic acid groups (broad SMARTS) is 1. The molecule has 24 heavy (non-hydrogen) atoms. The molecule has 0 radical (unpaired) electrons. The number of aliphatic carboxylic acids is 1. The van der Waals surface area contributed by atoms with Gasteiger partial charge in [-0.25, -0.2) is 4.79 Å². The van der Waals surface area contributed by atoms with Crippen LogP contribution in [0.15, 0.2) is 69.6 Å². The number of hydrogen-bond donors (Lipinski definition) is 1. The standard InChI is InChI=1S/C18H16Br2O4/c1-12(8-9-17(21)22)18(23-15-6-2-4-13(19)10-15)24-16-7-3-5-14(20)11-16/h2-12,18H,1H3,(H,21,22). The number of hydrogen-bond acceptors (Lipinski definition) is 3. The molecule has 2 aromatic rings. The van der Waals surface area contributed by atoms with E-state index >= 15 is 0 Å². The van der Waals surface area contributed by atoms with Gasteiger partial charge >= 0.3 is 5.97 Å². The highest BCUT2D eigenvalue weighted by Crippen LogP contribution is 2.25. The Balaban J connectivity index is 2.21. The lowest BCUT2D eigenvalue weighted by atomic mass is 10.1. The second-order valence-corrected chi connectivity index (χ2v) is 6.91. The van der Waals surface area contributed by atoms with Crippen molar-refractivity contribution in [3.05, 3.63) is 69.6 Å². The first-order valence-corrected chi connectivity index (χ1v) is 8.78. The lowest BCUT2D eigenvalue weighted by molar-refractivity contribution is -0.131. The van der Waals surface area contributed by atoms with Gasteiger partial charge in [0.1, 0.15) is 11.5 Å². The number of halogens is 2. The molecule has 1 atom stereocenters. The van der Waals surface area contributed by atoms with Gasteiger partial charge in [-0.2, -0.15) is 0 Å². The van der Waals surface area contributed by atoms with Crippen LogP contribution in [-0.4, -0.2) is 17.4 Å². The highest BCUT2D eigenvalue weighted by atomic mass is 79.9. The summed E-state index contributed by atoms with van der Waals surface area (Å²) in [6, 6.07) is 14.8. The van der Waals surface area contributed by atoms with Crippen molar-refractivity contribution in [1.29, 1.82) is 0 Å². The van der Waals surface area contributed by atoms with E-state index in [9.17, 15) is 4.79 Å². The number of carbonyl (C=O) groups is 1. The Morgan fingerprint density at radius 1 is 1.04 bits per heavy atom. The van der Waals surface area contributed by atoms with Crippen LogP contribution in [0.3, 0.4) is 0 Å². The quantitative estimate of drug-likeness (QED) is 0.456. The van der Waals surface area contributed by atoms with Crippen molar-refractivity contribution in [2.24, 2.45) is 5.92 Å². The molecule has 0 aromatic heterocycles. The monoisotopic (exact) mass is 454 g/mol. The summed E-state index contributed by atoms with van der Waals surface area (Å²) >= 11 is 6.79. The second kappa shape index (κ2) is 8.89. The molecule has 1 unspecified atom stereocenters. The van der Waals surface area contributed by atoms with Gasteiger partial charge in [0.2, 0.25) is 6.29 Å². The number of carboxylic acids is 1. The first-order chi connectivity index (χ1) is 11.4. The Labute approximate surface area is 157 Å². The summed E-state index contributed by atoms with van der Waals surface area (Å²) in [5.74, 6) is -0.0375. The summed E-state index contributed by atoms with van der Waals surface area (Å²) in [7, 11) is 0. The third-order valence-electron chi connectivity index (χ3n) is 3.07. The van der Waals surface area contributed by atoms with Crippen molar-refractivity contribution >= 4 is 37.8 Å². The van der Waals surface area contributed by atoms with E-state index < -0.39 is 12.3 Å². The maximum absolute atomic E-state index is 10.8. The average Bonchev–Trinajstić information content (AvgIpc) is 2.52. The Hall–Kier alpha value is -1.79. The normalized spacial score (nSPS) is 12.3. The molecule has 0 bridgehead atoms. The molecule has 0 heterocycles. The Morgan fingerprint density at radius 2 is 1.54 bits per heavy atom. The van der Waals surface area contributed by atoms with Crippen molar-refractivity contribution < 1.29 is 19.4 Å². The van der Waals surface area contributed by atoms with Crippen LogP contribution >= 0.6 is 31.9 Å². The van der Waals surface area contributed by atoms with Gasteiger partial charge in [-0.15, -0.1) is 0 Å². The molecule has 0 aliphatic carbocycles. The van der Waals surface area contributed by atoms with Crippen molar-refractivity contribution in [2.75, 3.05) is 0 Å². The maximum Gasteiger partial charge on any atom is 0.327 e. The van der Waals surface area contributed by atoms with E-state index in [0.29, 0.717) is 11.5 Å². The predicted molar refractivity (Wildman–Crippen MR) is 99.3 cm³/mol. The fraction of sp³-hybridized carbons (Fsp3) is 0.167. The van der Waals surface area contributed by atoms with Crippen LogP contribution in [0, 0.1) is 5.92 Å².